The molecule has 5 heteroatoms. The van der Waals surface area contributed by atoms with Crippen LogP contribution >= 0.6 is 0 Å². The molecule has 0 fully saturated rings. The molecule has 0 aliphatic rings. The van der Waals surface area contributed by atoms with Crippen molar-refractivity contribution in [3.8, 4) is 0 Å². The lowest BCUT2D eigenvalue weighted by Crippen LogP contribution is -1.88. The third-order valence-electron chi connectivity index (χ3n) is 2.77. The van der Waals surface area contributed by atoms with Gasteiger partial charge >= 0.3 is 0 Å². The molecule has 5 nitrogen and oxygen atoms in total. The molecule has 114 valence electrons. The van der Waals surface area contributed by atoms with E-state index in [1.54, 1.807) is 24.3 Å². The molecular weight excluding hydrogens is 278 g/mol. The number of nitrogens with two attached hydrogens (primary N) is 1. The van der Waals surface area contributed by atoms with E-state index in [0.717, 1.165) is 29.6 Å². The van der Waals surface area contributed by atoms with Gasteiger partial charge < -0.3 is 15.8 Å². The van der Waals surface area contributed by atoms with Gasteiger partial charge in [-0.2, -0.15) is 0 Å². The molecular formula is C17H19N3O2. The Balaban J connectivity index is 0.000000235. The number of rotatable bonds is 5. The lowest BCUT2D eigenvalue weighted by Gasteiger charge is -2.02. The summed E-state index contributed by atoms with van der Waals surface area (Å²) in [6.45, 7) is 3.61. The van der Waals surface area contributed by atoms with Crippen LogP contribution in [0.4, 0.5) is 11.4 Å². The summed E-state index contributed by atoms with van der Waals surface area (Å²) in [5.41, 5.74) is 8.70. The van der Waals surface area contributed by atoms with Crippen molar-refractivity contribution in [2.75, 3.05) is 18.1 Å². The molecule has 22 heavy (non-hydrogen) atoms. The third-order valence-corrected chi connectivity index (χ3v) is 2.77. The fourth-order valence-electron chi connectivity index (χ4n) is 1.54. The molecule has 0 saturated heterocycles. The summed E-state index contributed by atoms with van der Waals surface area (Å²) in [6.07, 6.45) is 1.58. The van der Waals surface area contributed by atoms with Gasteiger partial charge in [-0.3, -0.25) is 10.2 Å². The number of carbonyl (C=O) groups excluding carboxylic acids is 1. The Kier molecular flexibility index (Phi) is 6.92. The summed E-state index contributed by atoms with van der Waals surface area (Å²) in [4.78, 5) is 10.3. The van der Waals surface area contributed by atoms with Crippen molar-refractivity contribution in [1.82, 2.24) is 0 Å². The van der Waals surface area contributed by atoms with Gasteiger partial charge in [-0.15, -0.1) is 0 Å². The highest BCUT2D eigenvalue weighted by Crippen LogP contribution is 2.12. The van der Waals surface area contributed by atoms with E-state index >= 15 is 0 Å². The molecule has 2 aromatic rings. The average molecular weight is 297 g/mol. The van der Waals surface area contributed by atoms with Crippen LogP contribution in [0.2, 0.25) is 0 Å². The quantitative estimate of drug-likeness (QED) is 0.259. The van der Waals surface area contributed by atoms with Crippen molar-refractivity contribution >= 4 is 29.8 Å². The van der Waals surface area contributed by atoms with Crippen molar-refractivity contribution in [1.29, 1.82) is 5.41 Å². The maximum atomic E-state index is 10.3. The van der Waals surface area contributed by atoms with Crippen LogP contribution in [-0.2, 0) is 4.74 Å². The SMILES string of the molecule is C=C(OC=N)c1ccc(C=O)cc1.CNc1ccc(N)cc1. The van der Waals surface area contributed by atoms with E-state index in [0.29, 0.717) is 11.3 Å². The number of hydrogen-bond acceptors (Lipinski definition) is 5. The zero-order chi connectivity index (χ0) is 16.4. The topological polar surface area (TPSA) is 88.2 Å². The van der Waals surface area contributed by atoms with E-state index in [4.69, 9.17) is 15.9 Å². The Bertz CT molecular complexity index is 619. The standard InChI is InChI=1S/C10H9NO2.C7H10N2/c1-8(13-7-11)10-4-2-9(6-12)3-5-10;1-9-7-4-2-6(8)3-5-7/h2-7,11H,1H2;2-5,9H,8H2,1H3. The summed E-state index contributed by atoms with van der Waals surface area (Å²) in [6, 6.07) is 14.4. The normalized spacial score (nSPS) is 8.95. The maximum Gasteiger partial charge on any atom is 0.173 e. The van der Waals surface area contributed by atoms with Crippen molar-refractivity contribution in [2.45, 2.75) is 0 Å². The van der Waals surface area contributed by atoms with Gasteiger partial charge in [-0.1, -0.05) is 30.8 Å². The Morgan fingerprint density at radius 2 is 1.77 bits per heavy atom. The molecule has 0 amide bonds. The molecule has 0 bridgehead atoms. The van der Waals surface area contributed by atoms with Gasteiger partial charge in [0.15, 0.2) is 6.40 Å². The van der Waals surface area contributed by atoms with Crippen LogP contribution in [0.1, 0.15) is 15.9 Å². The van der Waals surface area contributed by atoms with Gasteiger partial charge in [-0.05, 0) is 24.3 Å². The number of aldehydes is 1. The zero-order valence-electron chi connectivity index (χ0n) is 12.4. The molecule has 0 unspecified atom stereocenters. The van der Waals surface area contributed by atoms with Crippen LogP contribution in [0.25, 0.3) is 5.76 Å². The minimum absolute atomic E-state index is 0.396. The molecule has 2 aromatic carbocycles. The number of carbonyl (C=O) groups is 1. The van der Waals surface area contributed by atoms with Crippen molar-refractivity contribution in [2.24, 2.45) is 0 Å². The lowest BCUT2D eigenvalue weighted by atomic mass is 10.1. The minimum Gasteiger partial charge on any atom is -0.446 e. The van der Waals surface area contributed by atoms with Crippen LogP contribution < -0.4 is 11.1 Å². The van der Waals surface area contributed by atoms with E-state index in [1.807, 2.05) is 31.3 Å². The van der Waals surface area contributed by atoms with E-state index in [1.165, 1.54) is 0 Å². The summed E-state index contributed by atoms with van der Waals surface area (Å²) in [5, 5.41) is 9.70. The van der Waals surface area contributed by atoms with Crippen LogP contribution in [-0.4, -0.2) is 19.7 Å². The maximum absolute atomic E-state index is 10.3. The summed E-state index contributed by atoms with van der Waals surface area (Å²) in [5.74, 6) is 0.396. The first-order chi connectivity index (χ1) is 10.6. The Morgan fingerprint density at radius 3 is 2.23 bits per heavy atom. The molecule has 0 saturated carbocycles. The zero-order valence-corrected chi connectivity index (χ0v) is 12.4. The molecule has 4 N–H and O–H groups in total. The van der Waals surface area contributed by atoms with Gasteiger partial charge in [0.2, 0.25) is 0 Å². The fourth-order valence-corrected chi connectivity index (χ4v) is 1.54. The molecule has 0 radical (unpaired) electrons. The highest BCUT2D eigenvalue weighted by Gasteiger charge is 1.98. The highest BCUT2D eigenvalue weighted by molar-refractivity contribution is 5.76. The van der Waals surface area contributed by atoms with Gasteiger partial charge in [0.05, 0.1) is 0 Å². The molecule has 0 aliphatic heterocycles. The monoisotopic (exact) mass is 297 g/mol. The Hall–Kier alpha value is -3.08. The fraction of sp³-hybridized carbons (Fsp3) is 0.0588. The van der Waals surface area contributed by atoms with Crippen molar-refractivity contribution in [3.63, 3.8) is 0 Å². The van der Waals surface area contributed by atoms with E-state index in [-0.39, 0.29) is 0 Å². The predicted octanol–water partition coefficient (Wildman–Crippen LogP) is 3.40. The van der Waals surface area contributed by atoms with Crippen molar-refractivity contribution in [3.05, 3.63) is 66.2 Å². The van der Waals surface area contributed by atoms with Gasteiger partial charge in [0.1, 0.15) is 12.0 Å². The molecule has 0 aromatic heterocycles. The number of nitrogen functional groups attached to an aromatic ring is 1. The number of hydrogen-bond donors (Lipinski definition) is 3. The van der Waals surface area contributed by atoms with Crippen LogP contribution in [0.3, 0.4) is 0 Å². The van der Waals surface area contributed by atoms with E-state index in [9.17, 15) is 4.79 Å². The van der Waals surface area contributed by atoms with Crippen molar-refractivity contribution < 1.29 is 9.53 Å². The largest absolute Gasteiger partial charge is 0.446 e. The molecule has 0 spiro atoms. The first-order valence-corrected chi connectivity index (χ1v) is 6.54. The van der Waals surface area contributed by atoms with Crippen LogP contribution in [0.5, 0.6) is 0 Å². The van der Waals surface area contributed by atoms with Gasteiger partial charge in [-0.25, -0.2) is 0 Å². The smallest absolute Gasteiger partial charge is 0.173 e. The first kappa shape index (κ1) is 17.0. The third kappa shape index (κ3) is 5.50. The number of anilines is 2. The number of nitrogens with one attached hydrogen (secondary N) is 2. The van der Waals surface area contributed by atoms with E-state index in [2.05, 4.69) is 11.9 Å². The number of ether oxygens (including phenoxy) is 1. The molecule has 0 atom stereocenters. The predicted molar refractivity (Wildman–Crippen MR) is 91.1 cm³/mol. The molecule has 0 heterocycles. The molecule has 0 aliphatic carbocycles. The van der Waals surface area contributed by atoms with E-state index < -0.39 is 0 Å². The summed E-state index contributed by atoms with van der Waals surface area (Å²) < 4.78 is 4.76. The lowest BCUT2D eigenvalue weighted by molar-refractivity contribution is 0.112. The van der Waals surface area contributed by atoms with Gasteiger partial charge in [0, 0.05) is 29.5 Å². The Morgan fingerprint density at radius 1 is 1.18 bits per heavy atom. The van der Waals surface area contributed by atoms with Gasteiger partial charge in [0.25, 0.3) is 0 Å². The first-order valence-electron chi connectivity index (χ1n) is 6.54. The average Bonchev–Trinajstić information content (AvgIpc) is 2.56. The second-order valence-electron chi connectivity index (χ2n) is 4.27. The number of benzene rings is 2. The Labute approximate surface area is 129 Å². The highest BCUT2D eigenvalue weighted by atomic mass is 16.5. The van der Waals surface area contributed by atoms with Crippen LogP contribution in [0, 0.1) is 5.41 Å². The van der Waals surface area contributed by atoms with Crippen LogP contribution in [0.15, 0.2) is 55.1 Å². The molecule has 2 rings (SSSR count). The second-order valence-corrected chi connectivity index (χ2v) is 4.27. The summed E-state index contributed by atoms with van der Waals surface area (Å²) in [7, 11) is 1.88. The minimum atomic E-state index is 0.396. The summed E-state index contributed by atoms with van der Waals surface area (Å²) >= 11 is 0. The second kappa shape index (κ2) is 8.97.